The molecule has 0 bridgehead atoms. The third kappa shape index (κ3) is 2.00. The van der Waals surface area contributed by atoms with Crippen molar-refractivity contribution >= 4 is 22.6 Å². The molecule has 0 aliphatic rings. The minimum atomic E-state index is 0.910. The summed E-state index contributed by atoms with van der Waals surface area (Å²) in [5, 5.41) is 0. The van der Waals surface area contributed by atoms with Crippen LogP contribution in [0.15, 0.2) is 36.9 Å². The number of hydrogen-bond acceptors (Lipinski definition) is 3. The van der Waals surface area contributed by atoms with Crippen LogP contribution in [0.4, 0.5) is 0 Å². The number of nitrogens with zero attached hydrogens (tertiary/aromatic N) is 3. The van der Waals surface area contributed by atoms with Crippen molar-refractivity contribution < 1.29 is 0 Å². The minimum absolute atomic E-state index is 0.910. The zero-order valence-corrected chi connectivity index (χ0v) is 8.84. The molecular formula is C9H6IN3. The molecule has 0 N–H and O–H groups in total. The molecule has 3 nitrogen and oxygen atoms in total. The topological polar surface area (TPSA) is 38.7 Å². The van der Waals surface area contributed by atoms with Gasteiger partial charge < -0.3 is 0 Å². The maximum absolute atomic E-state index is 4.15. The highest BCUT2D eigenvalue weighted by Gasteiger charge is 1.98. The van der Waals surface area contributed by atoms with E-state index >= 15 is 0 Å². The van der Waals surface area contributed by atoms with Gasteiger partial charge in [0.1, 0.15) is 10.0 Å². The van der Waals surface area contributed by atoms with Crippen LogP contribution in [0.25, 0.3) is 11.3 Å². The summed E-state index contributed by atoms with van der Waals surface area (Å²) >= 11 is 2.16. The van der Waals surface area contributed by atoms with Gasteiger partial charge in [0.25, 0.3) is 0 Å². The van der Waals surface area contributed by atoms with Crippen molar-refractivity contribution in [3.63, 3.8) is 0 Å². The summed E-state index contributed by atoms with van der Waals surface area (Å²) in [6.45, 7) is 0. The molecule has 0 fully saturated rings. The summed E-state index contributed by atoms with van der Waals surface area (Å²) in [5.74, 6) is 0. The molecule has 0 aliphatic heterocycles. The first-order chi connectivity index (χ1) is 6.36. The average Bonchev–Trinajstić information content (AvgIpc) is 2.19. The van der Waals surface area contributed by atoms with Crippen LogP contribution in [-0.2, 0) is 0 Å². The first-order valence-corrected chi connectivity index (χ1v) is 4.82. The van der Waals surface area contributed by atoms with Crippen LogP contribution in [0.5, 0.6) is 0 Å². The van der Waals surface area contributed by atoms with E-state index in [1.165, 1.54) is 0 Å². The van der Waals surface area contributed by atoms with Gasteiger partial charge in [0.15, 0.2) is 0 Å². The molecule has 0 unspecified atom stereocenters. The molecule has 0 saturated heterocycles. The monoisotopic (exact) mass is 283 g/mol. The van der Waals surface area contributed by atoms with Gasteiger partial charge in [0.2, 0.25) is 0 Å². The Bertz CT molecular complexity index is 403. The number of halogens is 1. The van der Waals surface area contributed by atoms with Gasteiger partial charge in [-0.15, -0.1) is 0 Å². The SMILES string of the molecule is Ic1cc(-c2cccnc2)ncn1. The molecule has 0 aromatic carbocycles. The lowest BCUT2D eigenvalue weighted by Gasteiger charge is -1.98. The van der Waals surface area contributed by atoms with E-state index < -0.39 is 0 Å². The van der Waals surface area contributed by atoms with Crippen LogP contribution >= 0.6 is 22.6 Å². The number of aromatic nitrogens is 3. The summed E-state index contributed by atoms with van der Waals surface area (Å²) in [6, 6.07) is 5.80. The molecule has 4 heteroatoms. The summed E-state index contributed by atoms with van der Waals surface area (Å²) < 4.78 is 0.937. The fourth-order valence-corrected chi connectivity index (χ4v) is 1.43. The van der Waals surface area contributed by atoms with Gasteiger partial charge in [-0.3, -0.25) is 4.98 Å². The maximum atomic E-state index is 4.15. The van der Waals surface area contributed by atoms with Crippen LogP contribution in [0.3, 0.4) is 0 Å². The van der Waals surface area contributed by atoms with Crippen LogP contribution in [0.2, 0.25) is 0 Å². The van der Waals surface area contributed by atoms with E-state index in [-0.39, 0.29) is 0 Å². The molecule has 0 saturated carbocycles. The quantitative estimate of drug-likeness (QED) is 0.594. The van der Waals surface area contributed by atoms with Crippen molar-refractivity contribution in [3.8, 4) is 11.3 Å². The van der Waals surface area contributed by atoms with E-state index in [1.807, 2.05) is 18.2 Å². The molecule has 13 heavy (non-hydrogen) atoms. The van der Waals surface area contributed by atoms with Crippen molar-refractivity contribution in [2.45, 2.75) is 0 Å². The minimum Gasteiger partial charge on any atom is -0.264 e. The zero-order chi connectivity index (χ0) is 9.10. The van der Waals surface area contributed by atoms with Crippen LogP contribution in [-0.4, -0.2) is 15.0 Å². The van der Waals surface area contributed by atoms with E-state index in [2.05, 4.69) is 37.5 Å². The van der Waals surface area contributed by atoms with Crippen molar-refractivity contribution in [2.75, 3.05) is 0 Å². The summed E-state index contributed by atoms with van der Waals surface area (Å²) in [5.41, 5.74) is 1.93. The molecule has 0 radical (unpaired) electrons. The Morgan fingerprint density at radius 3 is 2.85 bits per heavy atom. The Balaban J connectivity index is 2.48. The van der Waals surface area contributed by atoms with Crippen LogP contribution < -0.4 is 0 Å². The fourth-order valence-electron chi connectivity index (χ4n) is 1.01. The van der Waals surface area contributed by atoms with Gasteiger partial charge in [-0.2, -0.15) is 0 Å². The third-order valence-electron chi connectivity index (χ3n) is 1.59. The highest BCUT2D eigenvalue weighted by atomic mass is 127. The van der Waals surface area contributed by atoms with Gasteiger partial charge in [0.05, 0.1) is 5.69 Å². The molecule has 2 rings (SSSR count). The van der Waals surface area contributed by atoms with Crippen LogP contribution in [0.1, 0.15) is 0 Å². The highest BCUT2D eigenvalue weighted by Crippen LogP contribution is 2.15. The second-order valence-electron chi connectivity index (χ2n) is 2.47. The largest absolute Gasteiger partial charge is 0.264 e. The lowest BCUT2D eigenvalue weighted by atomic mass is 10.2. The lowest BCUT2D eigenvalue weighted by molar-refractivity contribution is 1.14. The van der Waals surface area contributed by atoms with E-state index in [9.17, 15) is 0 Å². The molecule has 0 aliphatic carbocycles. The smallest absolute Gasteiger partial charge is 0.117 e. The predicted octanol–water partition coefficient (Wildman–Crippen LogP) is 2.14. The Kier molecular flexibility index (Phi) is 2.49. The Labute approximate surface area is 89.4 Å². The first-order valence-electron chi connectivity index (χ1n) is 3.74. The zero-order valence-electron chi connectivity index (χ0n) is 6.68. The normalized spacial score (nSPS) is 9.92. The number of pyridine rings is 1. The maximum Gasteiger partial charge on any atom is 0.117 e. The van der Waals surface area contributed by atoms with Crippen molar-refractivity contribution in [3.05, 3.63) is 40.6 Å². The van der Waals surface area contributed by atoms with E-state index in [0.717, 1.165) is 15.0 Å². The van der Waals surface area contributed by atoms with Gasteiger partial charge in [0, 0.05) is 18.0 Å². The molecule has 2 aromatic rings. The number of hydrogen-bond donors (Lipinski definition) is 0. The fraction of sp³-hybridized carbons (Fsp3) is 0. The van der Waals surface area contributed by atoms with Gasteiger partial charge in [-0.1, -0.05) is 0 Å². The van der Waals surface area contributed by atoms with E-state index in [1.54, 1.807) is 18.7 Å². The Morgan fingerprint density at radius 1 is 1.23 bits per heavy atom. The third-order valence-corrected chi connectivity index (χ3v) is 2.18. The standard InChI is InChI=1S/C9H6IN3/c10-9-4-8(12-6-13-9)7-2-1-3-11-5-7/h1-6H. The summed E-state index contributed by atoms with van der Waals surface area (Å²) in [6.07, 6.45) is 5.10. The van der Waals surface area contributed by atoms with Gasteiger partial charge in [-0.05, 0) is 40.8 Å². The Morgan fingerprint density at radius 2 is 2.15 bits per heavy atom. The van der Waals surface area contributed by atoms with Gasteiger partial charge in [-0.25, -0.2) is 9.97 Å². The second-order valence-corrected chi connectivity index (χ2v) is 3.57. The molecule has 2 heterocycles. The first kappa shape index (κ1) is 8.55. The highest BCUT2D eigenvalue weighted by molar-refractivity contribution is 14.1. The van der Waals surface area contributed by atoms with E-state index in [4.69, 9.17) is 0 Å². The summed E-state index contributed by atoms with van der Waals surface area (Å²) in [4.78, 5) is 12.2. The molecule has 0 atom stereocenters. The molecular weight excluding hydrogens is 277 g/mol. The molecule has 0 spiro atoms. The molecule has 64 valence electrons. The lowest BCUT2D eigenvalue weighted by Crippen LogP contribution is -1.87. The van der Waals surface area contributed by atoms with Crippen molar-refractivity contribution in [2.24, 2.45) is 0 Å². The predicted molar refractivity (Wildman–Crippen MR) is 58.0 cm³/mol. The molecule has 0 amide bonds. The van der Waals surface area contributed by atoms with Crippen molar-refractivity contribution in [1.82, 2.24) is 15.0 Å². The molecule has 2 aromatic heterocycles. The second kappa shape index (κ2) is 3.78. The average molecular weight is 283 g/mol. The van der Waals surface area contributed by atoms with Gasteiger partial charge >= 0.3 is 0 Å². The van der Waals surface area contributed by atoms with E-state index in [0.29, 0.717) is 0 Å². The number of rotatable bonds is 1. The summed E-state index contributed by atoms with van der Waals surface area (Å²) in [7, 11) is 0. The van der Waals surface area contributed by atoms with Crippen molar-refractivity contribution in [1.29, 1.82) is 0 Å². The van der Waals surface area contributed by atoms with Crippen LogP contribution in [0, 0.1) is 3.70 Å². The Hall–Kier alpha value is -1.04.